The van der Waals surface area contributed by atoms with Gasteiger partial charge in [0.15, 0.2) is 0 Å². The summed E-state index contributed by atoms with van der Waals surface area (Å²) in [5.41, 5.74) is 2.96. The maximum absolute atomic E-state index is 14.2. The molecule has 2 rings (SSSR count). The second-order valence-corrected chi connectivity index (χ2v) is 10.8. The van der Waals surface area contributed by atoms with E-state index >= 15 is 0 Å². The van der Waals surface area contributed by atoms with Gasteiger partial charge >= 0.3 is 6.11 Å². The number of aryl methyl sites for hydroxylation is 1. The van der Waals surface area contributed by atoms with Gasteiger partial charge in [0, 0.05) is 31.0 Å². The first kappa shape index (κ1) is 35.2. The highest BCUT2D eigenvalue weighted by atomic mass is 19.3. The lowest BCUT2D eigenvalue weighted by Crippen LogP contribution is -2.54. The monoisotopic (exact) mass is 596 g/mol. The van der Waals surface area contributed by atoms with Crippen LogP contribution >= 0.6 is 0 Å². The van der Waals surface area contributed by atoms with E-state index in [1.54, 1.807) is 55.1 Å². The van der Waals surface area contributed by atoms with Crippen LogP contribution in [0.3, 0.4) is 0 Å². The second kappa shape index (κ2) is 16.0. The van der Waals surface area contributed by atoms with E-state index in [-0.39, 0.29) is 30.2 Å². The summed E-state index contributed by atoms with van der Waals surface area (Å²) in [7, 11) is 0. The van der Waals surface area contributed by atoms with Crippen molar-refractivity contribution >= 4 is 23.1 Å². The number of hydrogen-bond donors (Lipinski definition) is 1. The highest BCUT2D eigenvalue weighted by molar-refractivity contribution is 6.03. The fourth-order valence-electron chi connectivity index (χ4n) is 4.86. The minimum atomic E-state index is -3.37. The Bertz CT molecular complexity index is 1350. The maximum atomic E-state index is 14.2. The van der Waals surface area contributed by atoms with Crippen molar-refractivity contribution < 1.29 is 23.1 Å². The number of aromatic nitrogens is 2. The average molecular weight is 597 g/mol. The number of unbranched alkanes of at least 4 members (excludes halogenated alkanes) is 1. The summed E-state index contributed by atoms with van der Waals surface area (Å²) in [5, 5.41) is 3.19. The van der Waals surface area contributed by atoms with E-state index in [4.69, 9.17) is 0 Å². The first-order valence-electron chi connectivity index (χ1n) is 14.7. The van der Waals surface area contributed by atoms with Crippen molar-refractivity contribution in [1.29, 1.82) is 0 Å². The molecule has 0 saturated heterocycles. The Morgan fingerprint density at radius 3 is 2.47 bits per heavy atom. The molecule has 0 bridgehead atoms. The topological polar surface area (TPSA) is 76.5 Å². The third-order valence-electron chi connectivity index (χ3n) is 7.12. The Balaban J connectivity index is 2.69. The summed E-state index contributed by atoms with van der Waals surface area (Å²) in [4.78, 5) is 34.1. The van der Waals surface area contributed by atoms with Gasteiger partial charge in [0.1, 0.15) is 24.2 Å². The van der Waals surface area contributed by atoms with Gasteiger partial charge in [-0.15, -0.1) is 0 Å². The van der Waals surface area contributed by atoms with Crippen molar-refractivity contribution in [3.8, 4) is 0 Å². The zero-order chi connectivity index (χ0) is 32.3. The maximum Gasteiger partial charge on any atom is 0.394 e. The van der Waals surface area contributed by atoms with Crippen LogP contribution in [0, 0.1) is 6.92 Å². The molecule has 2 unspecified atom stereocenters. The number of nitrogens with zero attached hydrogens (tertiary/aromatic N) is 3. The number of hydrogen-bond acceptors (Lipinski definition) is 4. The molecule has 0 fully saturated rings. The van der Waals surface area contributed by atoms with Gasteiger partial charge in [-0.1, -0.05) is 63.6 Å². The molecule has 0 radical (unpaired) electrons. The van der Waals surface area contributed by atoms with Crippen LogP contribution in [0.2, 0.25) is 0 Å². The summed E-state index contributed by atoms with van der Waals surface area (Å²) >= 11 is 0. The molecule has 2 amide bonds. The molecule has 2 atom stereocenters. The predicted molar refractivity (Wildman–Crippen MR) is 169 cm³/mol. The van der Waals surface area contributed by atoms with E-state index < -0.39 is 12.2 Å². The molecule has 0 aliphatic rings. The van der Waals surface area contributed by atoms with E-state index in [1.165, 1.54) is 11.0 Å². The third-order valence-corrected chi connectivity index (χ3v) is 7.12. The number of benzene rings is 1. The Morgan fingerprint density at radius 2 is 1.93 bits per heavy atom. The molecule has 7 nitrogen and oxygen atoms in total. The van der Waals surface area contributed by atoms with Crippen molar-refractivity contribution in [1.82, 2.24) is 14.9 Å². The van der Waals surface area contributed by atoms with Crippen molar-refractivity contribution in [3.63, 3.8) is 0 Å². The first-order chi connectivity index (χ1) is 20.2. The van der Waals surface area contributed by atoms with Crippen LogP contribution in [0.1, 0.15) is 78.6 Å². The number of alkyl halides is 2. The number of amides is 2. The summed E-state index contributed by atoms with van der Waals surface area (Å²) in [6, 6.07) is 5.99. The van der Waals surface area contributed by atoms with E-state index in [1.807, 2.05) is 26.8 Å². The number of nitrogens with one attached hydrogen (secondary N) is 1. The highest BCUT2D eigenvalue weighted by Crippen LogP contribution is 2.29. The molecule has 0 aliphatic heterocycles. The van der Waals surface area contributed by atoms with Crippen LogP contribution in [0.25, 0.3) is 5.57 Å². The number of anilines is 1. The van der Waals surface area contributed by atoms with E-state index in [9.17, 15) is 18.4 Å². The van der Waals surface area contributed by atoms with Crippen molar-refractivity contribution in [2.24, 2.45) is 0 Å². The Kier molecular flexibility index (Phi) is 13.1. The van der Waals surface area contributed by atoms with Gasteiger partial charge in [0.25, 0.3) is 0 Å². The normalized spacial score (nSPS) is 13.7. The molecule has 0 spiro atoms. The van der Waals surface area contributed by atoms with Gasteiger partial charge in [0.05, 0.1) is 0 Å². The van der Waals surface area contributed by atoms with Gasteiger partial charge < -0.3 is 14.6 Å². The fourth-order valence-corrected chi connectivity index (χ4v) is 4.86. The van der Waals surface area contributed by atoms with Gasteiger partial charge in [-0.3, -0.25) is 14.5 Å². The number of rotatable bonds is 16. The van der Waals surface area contributed by atoms with Gasteiger partial charge in [-0.2, -0.15) is 8.78 Å². The smallest absolute Gasteiger partial charge is 0.394 e. The van der Waals surface area contributed by atoms with Crippen LogP contribution in [0.4, 0.5) is 14.5 Å². The largest absolute Gasteiger partial charge is 0.433 e. The number of carbonyl (C=O) groups is 2. The van der Waals surface area contributed by atoms with Crippen LogP contribution < -0.4 is 10.2 Å². The minimum absolute atomic E-state index is 0.0505. The van der Waals surface area contributed by atoms with E-state index in [0.29, 0.717) is 40.7 Å². The molecule has 234 valence electrons. The SMILES string of the molecule is C=C(C=C(C)c1cccc(N(C(=O)Cn2ccnc2C)C(C(=O)NC(CC)CCCC)C(=CC)C(=C)C)c1)OC(C)(F)F. The number of allylic oxidation sites excluding steroid dienone is 3. The molecule has 1 aromatic heterocycles. The van der Waals surface area contributed by atoms with Crippen molar-refractivity contribution in [2.75, 3.05) is 4.90 Å². The third kappa shape index (κ3) is 10.3. The van der Waals surface area contributed by atoms with Crippen molar-refractivity contribution in [3.05, 3.63) is 90.3 Å². The van der Waals surface area contributed by atoms with Crippen LogP contribution in [-0.2, 0) is 20.9 Å². The van der Waals surface area contributed by atoms with Gasteiger partial charge in [-0.05, 0) is 75.5 Å². The van der Waals surface area contributed by atoms with Crippen LogP contribution in [0.5, 0.6) is 0 Å². The lowest BCUT2D eigenvalue weighted by atomic mass is 9.95. The molecular weight excluding hydrogens is 550 g/mol. The van der Waals surface area contributed by atoms with Crippen LogP contribution in [-0.4, -0.2) is 39.6 Å². The molecule has 2 aromatic rings. The molecule has 1 N–H and O–H groups in total. The lowest BCUT2D eigenvalue weighted by molar-refractivity contribution is -0.194. The zero-order valence-electron chi connectivity index (χ0n) is 26.5. The fraction of sp³-hybridized carbons (Fsp3) is 0.441. The predicted octanol–water partition coefficient (Wildman–Crippen LogP) is 7.75. The molecular formula is C34H46F2N4O3. The van der Waals surface area contributed by atoms with Crippen LogP contribution in [0.15, 0.2) is 78.9 Å². The summed E-state index contributed by atoms with van der Waals surface area (Å²) in [6.45, 7) is 19.6. The standard InChI is InChI=1S/C34H46F2N4O3/c1-10-13-16-28(11-2)38-33(42)32(30(12-3)23(4)5)40(31(41)22-39-19-18-37-26(39)8)29-17-14-15-27(21-29)24(6)20-25(7)43-34(9,35)36/h12,14-15,17-21,28,32H,4,7,10-11,13,16,22H2,1-3,5-6,8-9H3,(H,38,42). The first-order valence-corrected chi connectivity index (χ1v) is 14.7. The molecule has 43 heavy (non-hydrogen) atoms. The number of halogens is 2. The summed E-state index contributed by atoms with van der Waals surface area (Å²) in [6.07, 6.45) is 6.73. The molecule has 0 aliphatic carbocycles. The molecule has 0 saturated carbocycles. The number of ether oxygens (including phenoxy) is 1. The summed E-state index contributed by atoms with van der Waals surface area (Å²) in [5.74, 6) is -0.183. The average Bonchev–Trinajstić information content (AvgIpc) is 3.33. The minimum Gasteiger partial charge on any atom is -0.433 e. The number of carbonyl (C=O) groups excluding carboxylic acids is 2. The van der Waals surface area contributed by atoms with Gasteiger partial charge in [0.2, 0.25) is 11.8 Å². The zero-order valence-corrected chi connectivity index (χ0v) is 26.5. The molecule has 1 heterocycles. The number of imidazole rings is 1. The molecule has 9 heteroatoms. The Morgan fingerprint density at radius 1 is 1.23 bits per heavy atom. The Labute approximate surface area is 255 Å². The molecule has 1 aromatic carbocycles. The summed E-state index contributed by atoms with van der Waals surface area (Å²) < 4.78 is 33.1. The van der Waals surface area contributed by atoms with E-state index in [2.05, 4.69) is 35.1 Å². The highest BCUT2D eigenvalue weighted by Gasteiger charge is 2.35. The second-order valence-electron chi connectivity index (χ2n) is 10.8. The Hall–Kier alpha value is -4.01. The van der Waals surface area contributed by atoms with Gasteiger partial charge in [-0.25, -0.2) is 4.98 Å². The lowest BCUT2D eigenvalue weighted by Gasteiger charge is -2.34. The van der Waals surface area contributed by atoms with E-state index in [0.717, 1.165) is 25.7 Å². The van der Waals surface area contributed by atoms with Crippen molar-refractivity contribution in [2.45, 2.75) is 98.9 Å². The quantitative estimate of drug-likeness (QED) is 0.159.